The van der Waals surface area contributed by atoms with Crippen LogP contribution in [-0.2, 0) is 9.47 Å². The summed E-state index contributed by atoms with van der Waals surface area (Å²) in [5.74, 6) is -0.837. The largest absolute Gasteiger partial charge is 0.465 e. The van der Waals surface area contributed by atoms with Gasteiger partial charge in [0.15, 0.2) is 0 Å². The van der Waals surface area contributed by atoms with Crippen molar-refractivity contribution in [1.29, 1.82) is 0 Å². The first-order valence-electron chi connectivity index (χ1n) is 13.5. The maximum atomic E-state index is 12.3. The number of methoxy groups -OCH3 is 1. The lowest BCUT2D eigenvalue weighted by Crippen LogP contribution is -2.15. The fraction of sp³-hybridized carbons (Fsp3) is 0.724. The van der Waals surface area contributed by atoms with Crippen molar-refractivity contribution in [3.05, 3.63) is 35.4 Å². The van der Waals surface area contributed by atoms with Crippen molar-refractivity contribution in [2.45, 2.75) is 129 Å². The fourth-order valence-electron chi connectivity index (χ4n) is 4.18. The lowest BCUT2D eigenvalue weighted by Gasteiger charge is -2.13. The van der Waals surface area contributed by atoms with Crippen LogP contribution in [-0.4, -0.2) is 25.2 Å². The van der Waals surface area contributed by atoms with Gasteiger partial charge in [-0.25, -0.2) is 9.59 Å². The third-order valence-electron chi connectivity index (χ3n) is 6.29. The van der Waals surface area contributed by atoms with Gasteiger partial charge in [-0.1, -0.05) is 109 Å². The molecule has 1 unspecified atom stereocenters. The van der Waals surface area contributed by atoms with Crippen LogP contribution < -0.4 is 0 Å². The summed E-state index contributed by atoms with van der Waals surface area (Å²) in [6.07, 6.45) is 22.4. The predicted octanol–water partition coefficient (Wildman–Crippen LogP) is 8.67. The second kappa shape index (κ2) is 19.6. The average molecular weight is 461 g/mol. The van der Waals surface area contributed by atoms with Crippen LogP contribution in [0.25, 0.3) is 0 Å². The van der Waals surface area contributed by atoms with Gasteiger partial charge in [0.25, 0.3) is 0 Å². The van der Waals surface area contributed by atoms with Gasteiger partial charge in [-0.3, -0.25) is 0 Å². The van der Waals surface area contributed by atoms with E-state index in [4.69, 9.17) is 9.47 Å². The van der Waals surface area contributed by atoms with Gasteiger partial charge in [0, 0.05) is 0 Å². The Bertz CT molecular complexity index is 640. The summed E-state index contributed by atoms with van der Waals surface area (Å²) in [6.45, 7) is 4.21. The highest BCUT2D eigenvalue weighted by atomic mass is 16.5. The van der Waals surface area contributed by atoms with Gasteiger partial charge in [-0.2, -0.15) is 0 Å². The molecule has 0 bridgehead atoms. The van der Waals surface area contributed by atoms with Crippen molar-refractivity contribution in [3.8, 4) is 0 Å². The molecule has 0 saturated carbocycles. The first kappa shape index (κ1) is 29.2. The Hall–Kier alpha value is -1.84. The molecule has 0 amide bonds. The SMILES string of the molecule is CCCCCCCCCCCCCCCCCCC(C)OC(=O)c1cccc(C(=O)OC)c1. The van der Waals surface area contributed by atoms with Crippen molar-refractivity contribution in [3.63, 3.8) is 0 Å². The molecule has 1 aromatic carbocycles. The molecule has 0 aliphatic carbocycles. The van der Waals surface area contributed by atoms with Crippen LogP contribution in [0.4, 0.5) is 0 Å². The van der Waals surface area contributed by atoms with Gasteiger partial charge >= 0.3 is 11.9 Å². The highest BCUT2D eigenvalue weighted by Crippen LogP contribution is 2.16. The number of rotatable bonds is 20. The second-order valence-electron chi connectivity index (χ2n) is 9.38. The summed E-state index contributed by atoms with van der Waals surface area (Å²) in [7, 11) is 1.33. The first-order chi connectivity index (χ1) is 16.1. The lowest BCUT2D eigenvalue weighted by atomic mass is 10.0. The van der Waals surface area contributed by atoms with Crippen molar-refractivity contribution in [2.24, 2.45) is 0 Å². The molecule has 1 rings (SSSR count). The topological polar surface area (TPSA) is 52.6 Å². The van der Waals surface area contributed by atoms with E-state index in [1.807, 2.05) is 6.92 Å². The Morgan fingerprint density at radius 2 is 1.12 bits per heavy atom. The van der Waals surface area contributed by atoms with Gasteiger partial charge in [0.2, 0.25) is 0 Å². The normalized spacial score (nSPS) is 11.8. The lowest BCUT2D eigenvalue weighted by molar-refractivity contribution is 0.0319. The monoisotopic (exact) mass is 460 g/mol. The molecule has 0 N–H and O–H groups in total. The molecule has 0 spiro atoms. The molecule has 1 atom stereocenters. The standard InChI is InChI=1S/C29H48O4/c1-4-5-6-7-8-9-10-11-12-13-14-15-16-17-18-19-21-25(2)33-29(31)27-23-20-22-26(24-27)28(30)32-3/h20,22-25H,4-19,21H2,1-3H3. The zero-order chi connectivity index (χ0) is 24.2. The molecule has 0 aliphatic rings. The first-order valence-corrected chi connectivity index (χ1v) is 13.5. The highest BCUT2D eigenvalue weighted by Gasteiger charge is 2.14. The third kappa shape index (κ3) is 14.8. The summed E-state index contributed by atoms with van der Waals surface area (Å²) in [5.41, 5.74) is 0.745. The third-order valence-corrected chi connectivity index (χ3v) is 6.29. The molecule has 4 heteroatoms. The molecule has 0 saturated heterocycles. The van der Waals surface area contributed by atoms with E-state index in [1.165, 1.54) is 109 Å². The van der Waals surface area contributed by atoms with Crippen LogP contribution in [0.5, 0.6) is 0 Å². The molecule has 1 aromatic rings. The van der Waals surface area contributed by atoms with Gasteiger partial charge in [0.05, 0.1) is 24.3 Å². The molecule has 0 fully saturated rings. The summed E-state index contributed by atoms with van der Waals surface area (Å²) in [5, 5.41) is 0. The smallest absolute Gasteiger partial charge is 0.338 e. The number of carbonyl (C=O) groups is 2. The van der Waals surface area contributed by atoms with Crippen LogP contribution in [0.1, 0.15) is 144 Å². The number of unbranched alkanes of at least 4 members (excludes halogenated alkanes) is 15. The van der Waals surface area contributed by atoms with E-state index in [2.05, 4.69) is 6.92 Å². The van der Waals surface area contributed by atoms with E-state index >= 15 is 0 Å². The average Bonchev–Trinajstić information content (AvgIpc) is 2.83. The maximum absolute atomic E-state index is 12.3. The van der Waals surface area contributed by atoms with Crippen molar-refractivity contribution < 1.29 is 19.1 Å². The fourth-order valence-corrected chi connectivity index (χ4v) is 4.18. The second-order valence-corrected chi connectivity index (χ2v) is 9.38. The van der Waals surface area contributed by atoms with Crippen LogP contribution in [0.2, 0.25) is 0 Å². The van der Waals surface area contributed by atoms with E-state index in [9.17, 15) is 9.59 Å². The molecule has 4 nitrogen and oxygen atoms in total. The Balaban J connectivity index is 1.96. The summed E-state index contributed by atoms with van der Waals surface area (Å²) < 4.78 is 10.2. The number of hydrogen-bond donors (Lipinski definition) is 0. The molecule has 33 heavy (non-hydrogen) atoms. The maximum Gasteiger partial charge on any atom is 0.338 e. The molecular formula is C29H48O4. The Morgan fingerprint density at radius 3 is 1.58 bits per heavy atom. The van der Waals surface area contributed by atoms with Crippen molar-refractivity contribution in [2.75, 3.05) is 7.11 Å². The zero-order valence-corrected chi connectivity index (χ0v) is 21.5. The van der Waals surface area contributed by atoms with E-state index in [0.29, 0.717) is 11.1 Å². The summed E-state index contributed by atoms with van der Waals surface area (Å²) in [4.78, 5) is 23.9. The molecule has 0 heterocycles. The Labute approximate surface area is 202 Å². The summed E-state index contributed by atoms with van der Waals surface area (Å²) in [6, 6.07) is 6.48. The van der Waals surface area contributed by atoms with Crippen molar-refractivity contribution >= 4 is 11.9 Å². The van der Waals surface area contributed by atoms with Gasteiger partial charge in [-0.15, -0.1) is 0 Å². The molecule has 0 aliphatic heterocycles. The number of ether oxygens (including phenoxy) is 2. The van der Waals surface area contributed by atoms with E-state index < -0.39 is 5.97 Å². The molecule has 0 aromatic heterocycles. The number of esters is 2. The van der Waals surface area contributed by atoms with E-state index in [0.717, 1.165) is 12.8 Å². The quantitative estimate of drug-likeness (QED) is 0.144. The molecule has 0 radical (unpaired) electrons. The van der Waals surface area contributed by atoms with Crippen molar-refractivity contribution in [1.82, 2.24) is 0 Å². The number of carbonyl (C=O) groups excluding carboxylic acids is 2. The Morgan fingerprint density at radius 1 is 0.697 bits per heavy atom. The van der Waals surface area contributed by atoms with Crippen LogP contribution in [0.3, 0.4) is 0 Å². The van der Waals surface area contributed by atoms with Gasteiger partial charge in [-0.05, 0) is 38.0 Å². The highest BCUT2D eigenvalue weighted by molar-refractivity contribution is 5.95. The van der Waals surface area contributed by atoms with E-state index in [-0.39, 0.29) is 12.1 Å². The number of hydrogen-bond acceptors (Lipinski definition) is 4. The predicted molar refractivity (Wildman–Crippen MR) is 137 cm³/mol. The Kier molecular flexibility index (Phi) is 17.4. The minimum atomic E-state index is -0.453. The molecular weight excluding hydrogens is 412 g/mol. The van der Waals surface area contributed by atoms with Gasteiger partial charge < -0.3 is 9.47 Å². The summed E-state index contributed by atoms with van der Waals surface area (Å²) >= 11 is 0. The van der Waals surface area contributed by atoms with Crippen LogP contribution >= 0.6 is 0 Å². The molecule has 188 valence electrons. The van der Waals surface area contributed by atoms with E-state index in [1.54, 1.807) is 18.2 Å². The number of benzene rings is 1. The zero-order valence-electron chi connectivity index (χ0n) is 21.5. The van der Waals surface area contributed by atoms with Gasteiger partial charge in [0.1, 0.15) is 0 Å². The van der Waals surface area contributed by atoms with Crippen LogP contribution in [0.15, 0.2) is 24.3 Å². The minimum Gasteiger partial charge on any atom is -0.465 e. The van der Waals surface area contributed by atoms with Crippen LogP contribution in [0, 0.1) is 0 Å². The minimum absolute atomic E-state index is 0.120.